The molecule has 1 aliphatic rings. The summed E-state index contributed by atoms with van der Waals surface area (Å²) in [6.45, 7) is 2.30. The van der Waals surface area contributed by atoms with Gasteiger partial charge in [0, 0.05) is 25.4 Å². The molecule has 82 valence electrons. The Bertz CT molecular complexity index is 325. The van der Waals surface area contributed by atoms with Gasteiger partial charge in [0.2, 0.25) is 0 Å². The van der Waals surface area contributed by atoms with E-state index in [-0.39, 0.29) is 0 Å². The lowest BCUT2D eigenvalue weighted by atomic mass is 10.0. The number of fused-ring (bicyclic) bond motifs is 1. The van der Waals surface area contributed by atoms with Crippen LogP contribution in [-0.4, -0.2) is 26.9 Å². The van der Waals surface area contributed by atoms with Gasteiger partial charge < -0.3 is 14.8 Å². The van der Waals surface area contributed by atoms with Crippen LogP contribution in [0.2, 0.25) is 0 Å². The quantitative estimate of drug-likeness (QED) is 0.767. The molecule has 3 heteroatoms. The fraction of sp³-hybridized carbons (Fsp3) is 0.500. The third kappa shape index (κ3) is 2.63. The van der Waals surface area contributed by atoms with Crippen molar-refractivity contribution in [2.24, 2.45) is 0 Å². The van der Waals surface area contributed by atoms with E-state index in [1.165, 1.54) is 24.1 Å². The van der Waals surface area contributed by atoms with Gasteiger partial charge in [-0.3, -0.25) is 0 Å². The van der Waals surface area contributed by atoms with Crippen LogP contribution in [0.3, 0.4) is 0 Å². The molecule has 0 aromatic heterocycles. The Morgan fingerprint density at radius 3 is 3.13 bits per heavy atom. The van der Waals surface area contributed by atoms with Crippen molar-refractivity contribution >= 4 is 5.69 Å². The zero-order chi connectivity index (χ0) is 10.5. The van der Waals surface area contributed by atoms with Crippen LogP contribution in [0.4, 0.5) is 5.69 Å². The Labute approximate surface area is 90.4 Å². The summed E-state index contributed by atoms with van der Waals surface area (Å²) in [5, 5.41) is 3.38. The smallest absolute Gasteiger partial charge is 0.121 e. The largest absolute Gasteiger partial charge is 0.491 e. The van der Waals surface area contributed by atoms with Crippen molar-refractivity contribution in [2.75, 3.05) is 32.2 Å². The van der Waals surface area contributed by atoms with Crippen molar-refractivity contribution in [1.82, 2.24) is 0 Å². The first kappa shape index (κ1) is 10.3. The second-order valence-electron chi connectivity index (χ2n) is 3.69. The van der Waals surface area contributed by atoms with E-state index < -0.39 is 0 Å². The molecule has 0 radical (unpaired) electrons. The summed E-state index contributed by atoms with van der Waals surface area (Å²) in [4.78, 5) is 0. The molecule has 1 aromatic carbocycles. The summed E-state index contributed by atoms with van der Waals surface area (Å²) >= 11 is 0. The third-order valence-electron chi connectivity index (χ3n) is 2.58. The van der Waals surface area contributed by atoms with E-state index in [0.29, 0.717) is 13.2 Å². The normalized spacial score (nSPS) is 14.2. The fourth-order valence-electron chi connectivity index (χ4n) is 1.77. The Morgan fingerprint density at radius 1 is 1.33 bits per heavy atom. The molecule has 3 nitrogen and oxygen atoms in total. The van der Waals surface area contributed by atoms with Crippen LogP contribution in [0.1, 0.15) is 12.0 Å². The van der Waals surface area contributed by atoms with Gasteiger partial charge in [-0.25, -0.2) is 0 Å². The minimum absolute atomic E-state index is 0.606. The average molecular weight is 207 g/mol. The molecule has 0 unspecified atom stereocenters. The van der Waals surface area contributed by atoms with E-state index in [1.807, 2.05) is 6.07 Å². The highest BCUT2D eigenvalue weighted by Gasteiger charge is 2.08. The number of aryl methyl sites for hydroxylation is 1. The van der Waals surface area contributed by atoms with Crippen molar-refractivity contribution in [2.45, 2.75) is 12.8 Å². The predicted octanol–water partition coefficient (Wildman–Crippen LogP) is 2.07. The summed E-state index contributed by atoms with van der Waals surface area (Å²) < 4.78 is 10.5. The molecule has 0 bridgehead atoms. The maximum absolute atomic E-state index is 5.55. The Morgan fingerprint density at radius 2 is 2.27 bits per heavy atom. The predicted molar refractivity (Wildman–Crippen MR) is 60.6 cm³/mol. The first-order valence-electron chi connectivity index (χ1n) is 5.38. The minimum atomic E-state index is 0.606. The van der Waals surface area contributed by atoms with Gasteiger partial charge in [-0.05, 0) is 24.5 Å². The molecule has 0 saturated carbocycles. The number of anilines is 1. The lowest BCUT2D eigenvalue weighted by molar-refractivity contribution is 0.146. The number of hydrogen-bond acceptors (Lipinski definition) is 3. The second-order valence-corrected chi connectivity index (χ2v) is 3.69. The zero-order valence-corrected chi connectivity index (χ0v) is 9.08. The molecular weight excluding hydrogens is 190 g/mol. The topological polar surface area (TPSA) is 30.5 Å². The van der Waals surface area contributed by atoms with E-state index >= 15 is 0 Å². The molecule has 0 aliphatic carbocycles. The molecule has 0 spiro atoms. The Kier molecular flexibility index (Phi) is 3.45. The number of hydrogen-bond donors (Lipinski definition) is 1. The summed E-state index contributed by atoms with van der Waals surface area (Å²) in [5.74, 6) is 0.917. The van der Waals surface area contributed by atoms with E-state index in [4.69, 9.17) is 9.47 Å². The van der Waals surface area contributed by atoms with E-state index in [9.17, 15) is 0 Å². The lowest BCUT2D eigenvalue weighted by Gasteiger charge is -2.18. The van der Waals surface area contributed by atoms with Gasteiger partial charge in [-0.2, -0.15) is 0 Å². The molecule has 0 atom stereocenters. The van der Waals surface area contributed by atoms with Gasteiger partial charge in [0.05, 0.1) is 6.61 Å². The Balaban J connectivity index is 2.00. The summed E-state index contributed by atoms with van der Waals surface area (Å²) in [6, 6.07) is 6.25. The highest BCUT2D eigenvalue weighted by atomic mass is 16.5. The van der Waals surface area contributed by atoms with Crippen LogP contribution in [0.5, 0.6) is 5.75 Å². The van der Waals surface area contributed by atoms with Gasteiger partial charge in [0.15, 0.2) is 0 Å². The molecule has 0 fully saturated rings. The molecule has 1 aliphatic heterocycles. The summed E-state index contributed by atoms with van der Waals surface area (Å²) in [7, 11) is 1.68. The maximum atomic E-state index is 5.55. The van der Waals surface area contributed by atoms with Crippen LogP contribution in [0.25, 0.3) is 0 Å². The average Bonchev–Trinajstić information content (AvgIpc) is 2.29. The molecule has 0 saturated heterocycles. The Hall–Kier alpha value is -1.22. The monoisotopic (exact) mass is 207 g/mol. The van der Waals surface area contributed by atoms with Crippen LogP contribution in [0, 0.1) is 0 Å². The van der Waals surface area contributed by atoms with Crippen LogP contribution < -0.4 is 10.1 Å². The van der Waals surface area contributed by atoms with Crippen molar-refractivity contribution < 1.29 is 9.47 Å². The van der Waals surface area contributed by atoms with E-state index in [0.717, 1.165) is 12.3 Å². The van der Waals surface area contributed by atoms with Crippen LogP contribution in [0.15, 0.2) is 18.2 Å². The van der Waals surface area contributed by atoms with Crippen molar-refractivity contribution in [3.63, 3.8) is 0 Å². The first-order chi connectivity index (χ1) is 7.40. The molecule has 1 aromatic rings. The molecule has 2 rings (SSSR count). The van der Waals surface area contributed by atoms with Crippen LogP contribution in [-0.2, 0) is 11.2 Å². The van der Waals surface area contributed by atoms with E-state index in [2.05, 4.69) is 17.4 Å². The van der Waals surface area contributed by atoms with Crippen molar-refractivity contribution in [3.05, 3.63) is 23.8 Å². The standard InChI is InChI=1S/C12H17NO2/c1-14-7-8-15-11-5-4-10-3-2-6-13-12(10)9-11/h4-5,9,13H,2-3,6-8H2,1H3. The van der Waals surface area contributed by atoms with Gasteiger partial charge in [0.1, 0.15) is 12.4 Å². The summed E-state index contributed by atoms with van der Waals surface area (Å²) in [6.07, 6.45) is 2.39. The molecule has 1 heterocycles. The maximum Gasteiger partial charge on any atom is 0.121 e. The minimum Gasteiger partial charge on any atom is -0.491 e. The van der Waals surface area contributed by atoms with Gasteiger partial charge in [-0.15, -0.1) is 0 Å². The van der Waals surface area contributed by atoms with E-state index in [1.54, 1.807) is 7.11 Å². The van der Waals surface area contributed by atoms with Crippen LogP contribution >= 0.6 is 0 Å². The number of methoxy groups -OCH3 is 1. The van der Waals surface area contributed by atoms with Gasteiger partial charge in [0.25, 0.3) is 0 Å². The number of rotatable bonds is 4. The number of nitrogens with one attached hydrogen (secondary N) is 1. The number of ether oxygens (including phenoxy) is 2. The molecule has 15 heavy (non-hydrogen) atoms. The molecule has 1 N–H and O–H groups in total. The fourth-order valence-corrected chi connectivity index (χ4v) is 1.77. The SMILES string of the molecule is COCCOc1ccc2c(c1)NCCC2. The highest BCUT2D eigenvalue weighted by Crippen LogP contribution is 2.26. The highest BCUT2D eigenvalue weighted by molar-refractivity contribution is 5.56. The number of benzene rings is 1. The van der Waals surface area contributed by atoms with Gasteiger partial charge >= 0.3 is 0 Å². The zero-order valence-electron chi connectivity index (χ0n) is 9.08. The molecule has 0 amide bonds. The van der Waals surface area contributed by atoms with Crippen molar-refractivity contribution in [3.8, 4) is 5.75 Å². The summed E-state index contributed by atoms with van der Waals surface area (Å²) in [5.41, 5.74) is 2.61. The third-order valence-corrected chi connectivity index (χ3v) is 2.58. The lowest BCUT2D eigenvalue weighted by Crippen LogP contribution is -2.12. The first-order valence-corrected chi connectivity index (χ1v) is 5.38. The second kappa shape index (κ2) is 5.03. The van der Waals surface area contributed by atoms with Gasteiger partial charge in [-0.1, -0.05) is 6.07 Å². The molecular formula is C12H17NO2. The van der Waals surface area contributed by atoms with Crippen molar-refractivity contribution in [1.29, 1.82) is 0 Å².